The van der Waals surface area contributed by atoms with Gasteiger partial charge in [0.1, 0.15) is 0 Å². The summed E-state index contributed by atoms with van der Waals surface area (Å²) in [5, 5.41) is 5.13. The van der Waals surface area contributed by atoms with Crippen molar-refractivity contribution in [1.82, 2.24) is 4.90 Å². The number of thiophene rings is 1. The van der Waals surface area contributed by atoms with Crippen LogP contribution in [0, 0.1) is 5.92 Å². The molecule has 2 fully saturated rings. The van der Waals surface area contributed by atoms with E-state index in [1.807, 2.05) is 11.4 Å². The Labute approximate surface area is 168 Å². The zero-order valence-corrected chi connectivity index (χ0v) is 16.7. The number of rotatable bonds is 3. The molecule has 2 aromatic rings. The average Bonchev–Trinajstić information content (AvgIpc) is 3.24. The minimum absolute atomic E-state index is 0.0508. The lowest BCUT2D eigenvalue weighted by Crippen LogP contribution is -2.49. The predicted molar refractivity (Wildman–Crippen MR) is 110 cm³/mol. The number of amides is 2. The van der Waals surface area contributed by atoms with Gasteiger partial charge < -0.3 is 10.2 Å². The van der Waals surface area contributed by atoms with Crippen molar-refractivity contribution in [2.45, 2.75) is 44.6 Å². The molecule has 2 unspecified atom stereocenters. The zero-order chi connectivity index (χ0) is 18.8. The van der Waals surface area contributed by atoms with Gasteiger partial charge in [-0.3, -0.25) is 9.59 Å². The highest BCUT2D eigenvalue weighted by Crippen LogP contribution is 2.36. The normalized spacial score (nSPS) is 22.2. The molecule has 0 spiro atoms. The number of halogens is 1. The number of fused-ring (bicyclic) bond motifs is 1. The molecule has 2 atom stereocenters. The van der Waals surface area contributed by atoms with Gasteiger partial charge in [-0.05, 0) is 61.2 Å². The molecule has 4 nitrogen and oxygen atoms in total. The van der Waals surface area contributed by atoms with Crippen LogP contribution in [0.4, 0.5) is 5.69 Å². The molecule has 4 rings (SSSR count). The molecular formula is C21H23ClN2O2S. The van der Waals surface area contributed by atoms with Crippen molar-refractivity contribution in [2.24, 2.45) is 5.92 Å². The summed E-state index contributed by atoms with van der Waals surface area (Å²) in [5.41, 5.74) is 1.07. The smallest absolute Gasteiger partial charge is 0.265 e. The topological polar surface area (TPSA) is 49.4 Å². The monoisotopic (exact) mass is 402 g/mol. The van der Waals surface area contributed by atoms with Crippen molar-refractivity contribution in [3.05, 3.63) is 51.2 Å². The minimum atomic E-state index is -0.207. The molecule has 6 heteroatoms. The summed E-state index contributed by atoms with van der Waals surface area (Å²) in [7, 11) is 0. The summed E-state index contributed by atoms with van der Waals surface area (Å²) in [4.78, 5) is 28.2. The van der Waals surface area contributed by atoms with Crippen molar-refractivity contribution in [1.29, 1.82) is 0 Å². The van der Waals surface area contributed by atoms with Gasteiger partial charge in [0.25, 0.3) is 11.8 Å². The average molecular weight is 403 g/mol. The van der Waals surface area contributed by atoms with Gasteiger partial charge in [0.2, 0.25) is 0 Å². The van der Waals surface area contributed by atoms with E-state index in [4.69, 9.17) is 11.6 Å². The number of carbonyl (C=O) groups excluding carboxylic acids is 2. The standard InChI is InChI=1S/C21H23ClN2O2S/c22-16-10-9-15(13-17(16)23-20(25)19-8-4-12-27-19)21(26)24-11-3-6-14-5-1-2-7-18(14)24/h4,8-10,12-14,18H,1-3,5-7,11H2,(H,23,25). The minimum Gasteiger partial charge on any atom is -0.335 e. The van der Waals surface area contributed by atoms with Crippen LogP contribution in [0.1, 0.15) is 58.6 Å². The van der Waals surface area contributed by atoms with Gasteiger partial charge >= 0.3 is 0 Å². The summed E-state index contributed by atoms with van der Waals surface area (Å²) < 4.78 is 0. The molecule has 142 valence electrons. The van der Waals surface area contributed by atoms with Crippen LogP contribution in [0.15, 0.2) is 35.7 Å². The first-order valence-corrected chi connectivity index (χ1v) is 10.8. The molecule has 1 saturated carbocycles. The summed E-state index contributed by atoms with van der Waals surface area (Å²) in [6, 6.07) is 9.12. The maximum Gasteiger partial charge on any atom is 0.265 e. The number of hydrogen-bond acceptors (Lipinski definition) is 3. The van der Waals surface area contributed by atoms with E-state index in [9.17, 15) is 9.59 Å². The number of benzene rings is 1. The van der Waals surface area contributed by atoms with Crippen molar-refractivity contribution in [3.63, 3.8) is 0 Å². The number of hydrogen-bond donors (Lipinski definition) is 1. The van der Waals surface area contributed by atoms with Gasteiger partial charge in [0.15, 0.2) is 0 Å². The van der Waals surface area contributed by atoms with E-state index in [2.05, 4.69) is 10.2 Å². The Morgan fingerprint density at radius 3 is 2.74 bits per heavy atom. The van der Waals surface area contributed by atoms with Gasteiger partial charge in [0, 0.05) is 18.2 Å². The molecular weight excluding hydrogens is 380 g/mol. The fraction of sp³-hybridized carbons (Fsp3) is 0.429. The molecule has 2 aliphatic rings. The third-order valence-electron chi connectivity index (χ3n) is 5.71. The molecule has 1 aliphatic carbocycles. The van der Waals surface area contributed by atoms with E-state index in [-0.39, 0.29) is 11.8 Å². The van der Waals surface area contributed by atoms with E-state index in [0.29, 0.717) is 33.1 Å². The molecule has 0 radical (unpaired) electrons. The van der Waals surface area contributed by atoms with Crippen LogP contribution in [0.5, 0.6) is 0 Å². The van der Waals surface area contributed by atoms with Crippen LogP contribution in [-0.4, -0.2) is 29.3 Å². The Bertz CT molecular complexity index is 835. The number of anilines is 1. The van der Waals surface area contributed by atoms with E-state index >= 15 is 0 Å². The molecule has 1 aliphatic heterocycles. The predicted octanol–water partition coefficient (Wildman–Crippen LogP) is 5.45. The molecule has 1 aromatic carbocycles. The second-order valence-electron chi connectivity index (χ2n) is 7.38. The molecule has 2 heterocycles. The van der Waals surface area contributed by atoms with Crippen LogP contribution in [-0.2, 0) is 0 Å². The quantitative estimate of drug-likeness (QED) is 0.742. The second-order valence-corrected chi connectivity index (χ2v) is 8.73. The largest absolute Gasteiger partial charge is 0.335 e. The van der Waals surface area contributed by atoms with E-state index < -0.39 is 0 Å². The SMILES string of the molecule is O=C(Nc1cc(C(=O)N2CCCC3CCCCC32)ccc1Cl)c1cccs1. The first-order valence-electron chi connectivity index (χ1n) is 9.59. The van der Waals surface area contributed by atoms with Gasteiger partial charge in [0.05, 0.1) is 15.6 Å². The van der Waals surface area contributed by atoms with Gasteiger partial charge in [-0.1, -0.05) is 30.5 Å². The Balaban J connectivity index is 1.54. The Morgan fingerprint density at radius 2 is 1.93 bits per heavy atom. The lowest BCUT2D eigenvalue weighted by atomic mass is 9.78. The summed E-state index contributed by atoms with van der Waals surface area (Å²) in [6.07, 6.45) is 7.12. The Kier molecular flexibility index (Phi) is 5.50. The van der Waals surface area contributed by atoms with Crippen molar-refractivity contribution < 1.29 is 9.59 Å². The van der Waals surface area contributed by atoms with Crippen LogP contribution < -0.4 is 5.32 Å². The molecule has 27 heavy (non-hydrogen) atoms. The van der Waals surface area contributed by atoms with Gasteiger partial charge in [-0.25, -0.2) is 0 Å². The van der Waals surface area contributed by atoms with Crippen molar-refractivity contribution in [2.75, 3.05) is 11.9 Å². The maximum absolute atomic E-state index is 13.2. The molecule has 0 bridgehead atoms. The maximum atomic E-state index is 13.2. The third kappa shape index (κ3) is 3.90. The number of nitrogens with one attached hydrogen (secondary N) is 1. The number of nitrogens with zero attached hydrogens (tertiary/aromatic N) is 1. The summed E-state index contributed by atoms with van der Waals surface area (Å²) >= 11 is 7.64. The second kappa shape index (κ2) is 8.03. The Hall–Kier alpha value is -1.85. The van der Waals surface area contributed by atoms with Crippen molar-refractivity contribution in [3.8, 4) is 0 Å². The van der Waals surface area contributed by atoms with Crippen LogP contribution in [0.2, 0.25) is 5.02 Å². The van der Waals surface area contributed by atoms with E-state index in [0.717, 1.165) is 19.4 Å². The number of carbonyl (C=O) groups is 2. The molecule has 1 N–H and O–H groups in total. The number of piperidine rings is 1. The van der Waals surface area contributed by atoms with Gasteiger partial charge in [-0.15, -0.1) is 11.3 Å². The first kappa shape index (κ1) is 18.5. The van der Waals surface area contributed by atoms with Crippen molar-refractivity contribution >= 4 is 40.4 Å². The van der Waals surface area contributed by atoms with Crippen LogP contribution in [0.3, 0.4) is 0 Å². The summed E-state index contributed by atoms with van der Waals surface area (Å²) in [6.45, 7) is 0.819. The molecule has 2 amide bonds. The Morgan fingerprint density at radius 1 is 1.11 bits per heavy atom. The van der Waals surface area contributed by atoms with E-state index in [1.54, 1.807) is 24.3 Å². The fourth-order valence-corrected chi connectivity index (χ4v) is 5.17. The third-order valence-corrected chi connectivity index (χ3v) is 6.91. The zero-order valence-electron chi connectivity index (χ0n) is 15.1. The highest BCUT2D eigenvalue weighted by Gasteiger charge is 2.36. The number of likely N-dealkylation sites (tertiary alicyclic amines) is 1. The van der Waals surface area contributed by atoms with Crippen LogP contribution >= 0.6 is 22.9 Å². The molecule has 1 aromatic heterocycles. The van der Waals surface area contributed by atoms with Gasteiger partial charge in [-0.2, -0.15) is 0 Å². The van der Waals surface area contributed by atoms with E-state index in [1.165, 1.54) is 37.0 Å². The lowest BCUT2D eigenvalue weighted by Gasteiger charge is -2.44. The summed E-state index contributed by atoms with van der Waals surface area (Å²) in [5.74, 6) is 0.485. The highest BCUT2D eigenvalue weighted by molar-refractivity contribution is 7.12. The molecule has 1 saturated heterocycles. The fourth-order valence-electron chi connectivity index (χ4n) is 4.39. The first-order chi connectivity index (χ1) is 13.1. The van der Waals surface area contributed by atoms with Crippen LogP contribution in [0.25, 0.3) is 0 Å². The lowest BCUT2D eigenvalue weighted by molar-refractivity contribution is 0.0390. The highest BCUT2D eigenvalue weighted by atomic mass is 35.5.